The van der Waals surface area contributed by atoms with Gasteiger partial charge in [-0.2, -0.15) is 0 Å². The van der Waals surface area contributed by atoms with Crippen molar-refractivity contribution in [2.45, 2.75) is 18.0 Å². The zero-order chi connectivity index (χ0) is 35.5. The fourth-order valence-electron chi connectivity index (χ4n) is 6.93. The molecule has 5 aromatic rings. The van der Waals surface area contributed by atoms with Crippen LogP contribution < -0.4 is 30.1 Å². The second-order valence-corrected chi connectivity index (χ2v) is 17.2. The maximum absolute atomic E-state index is 14.4. The lowest BCUT2D eigenvalue weighted by atomic mass is 10.0. The standard InChI is InChI=1S/C42H36N2O6PS/c1-47-32-20-17-29(18-21-32)25-48-42(46)39-31(27-52-41-38(40(45)44(39)41)43-24-30-19-22-36-37(23-30)50-28-49-36)26-51(33-11-5-2-6-12-33,34-13-7-3-8-14-34)35-15-9-4-10-16-35/h2-24,38,41H,25-28H2,1H3/q+1/t38-,41+/m1/s1. The number of hydrogen-bond acceptors (Lipinski definition) is 8. The van der Waals surface area contributed by atoms with Crippen molar-refractivity contribution in [3.8, 4) is 17.2 Å². The van der Waals surface area contributed by atoms with Crippen LogP contribution in [0.2, 0.25) is 0 Å². The lowest BCUT2D eigenvalue weighted by Crippen LogP contribution is -2.64. The largest absolute Gasteiger partial charge is 0.497 e. The van der Waals surface area contributed by atoms with Crippen molar-refractivity contribution in [1.29, 1.82) is 0 Å². The van der Waals surface area contributed by atoms with Crippen molar-refractivity contribution < 1.29 is 28.5 Å². The van der Waals surface area contributed by atoms with Crippen molar-refractivity contribution in [2.75, 3.05) is 25.8 Å². The van der Waals surface area contributed by atoms with E-state index in [1.807, 2.05) is 60.7 Å². The Hall–Kier alpha value is -5.37. The first kappa shape index (κ1) is 33.8. The van der Waals surface area contributed by atoms with Gasteiger partial charge in [-0.1, -0.05) is 66.7 Å². The van der Waals surface area contributed by atoms with Gasteiger partial charge in [0.1, 0.15) is 46.6 Å². The molecule has 0 saturated carbocycles. The highest BCUT2D eigenvalue weighted by Crippen LogP contribution is 2.58. The third-order valence-electron chi connectivity index (χ3n) is 9.54. The number of methoxy groups -OCH3 is 1. The highest BCUT2D eigenvalue weighted by atomic mass is 32.2. The summed E-state index contributed by atoms with van der Waals surface area (Å²) in [6.45, 7) is 0.237. The molecule has 3 aliphatic rings. The zero-order valence-electron chi connectivity index (χ0n) is 28.5. The Morgan fingerprint density at radius 2 is 1.46 bits per heavy atom. The predicted octanol–water partition coefficient (Wildman–Crippen LogP) is 6.12. The smallest absolute Gasteiger partial charge is 0.355 e. The lowest BCUT2D eigenvalue weighted by Gasteiger charge is -2.48. The number of β-lactam (4-membered cyclic amide) rings is 1. The molecule has 1 fully saturated rings. The Balaban J connectivity index is 1.19. The molecule has 8 rings (SSSR count). The number of aliphatic imine (C=N–C) groups is 1. The predicted molar refractivity (Wildman–Crippen MR) is 207 cm³/mol. The van der Waals surface area contributed by atoms with E-state index < -0.39 is 19.3 Å². The maximum Gasteiger partial charge on any atom is 0.355 e. The summed E-state index contributed by atoms with van der Waals surface area (Å²) >= 11 is 1.64. The first-order valence-corrected chi connectivity index (χ1v) is 20.0. The molecule has 0 aliphatic carbocycles. The van der Waals surface area contributed by atoms with E-state index in [1.165, 1.54) is 15.9 Å². The van der Waals surface area contributed by atoms with Gasteiger partial charge in [0, 0.05) is 17.5 Å². The molecule has 3 aliphatic heterocycles. The van der Waals surface area contributed by atoms with Gasteiger partial charge in [0.05, 0.1) is 13.3 Å². The third kappa shape index (κ3) is 6.35. The Kier molecular flexibility index (Phi) is 9.54. The molecule has 0 unspecified atom stereocenters. The van der Waals surface area contributed by atoms with Crippen LogP contribution in [0, 0.1) is 0 Å². The van der Waals surface area contributed by atoms with Crippen LogP contribution in [0.1, 0.15) is 11.1 Å². The fourth-order valence-corrected chi connectivity index (χ4v) is 12.7. The van der Waals surface area contributed by atoms with Gasteiger partial charge >= 0.3 is 5.97 Å². The first-order valence-electron chi connectivity index (χ1n) is 17.0. The number of carbonyl (C=O) groups is 2. The zero-order valence-corrected chi connectivity index (χ0v) is 30.2. The van der Waals surface area contributed by atoms with Gasteiger partial charge in [-0.15, -0.1) is 11.8 Å². The normalized spacial score (nSPS) is 17.9. The quantitative estimate of drug-likeness (QED) is 0.0702. The lowest BCUT2D eigenvalue weighted by molar-refractivity contribution is -0.151. The summed E-state index contributed by atoms with van der Waals surface area (Å²) in [5.41, 5.74) is 2.83. The van der Waals surface area contributed by atoms with E-state index in [-0.39, 0.29) is 24.7 Å². The van der Waals surface area contributed by atoms with Gasteiger partial charge in [-0.05, 0) is 77.9 Å². The van der Waals surface area contributed by atoms with Gasteiger partial charge < -0.3 is 18.9 Å². The highest BCUT2D eigenvalue weighted by molar-refractivity contribution is 8.00. The molecule has 52 heavy (non-hydrogen) atoms. The summed E-state index contributed by atoms with van der Waals surface area (Å²) < 4.78 is 22.3. The summed E-state index contributed by atoms with van der Waals surface area (Å²) in [6, 6.07) is 43.9. The number of thioether (sulfide) groups is 1. The summed E-state index contributed by atoms with van der Waals surface area (Å²) in [6.07, 6.45) is 2.26. The molecule has 0 radical (unpaired) electrons. The van der Waals surface area contributed by atoms with Crippen molar-refractivity contribution in [1.82, 2.24) is 4.90 Å². The number of esters is 1. The Labute approximate surface area is 307 Å². The van der Waals surface area contributed by atoms with E-state index in [0.29, 0.717) is 34.9 Å². The van der Waals surface area contributed by atoms with Crippen LogP contribution in [0.5, 0.6) is 17.2 Å². The highest BCUT2D eigenvalue weighted by Gasteiger charge is 2.56. The van der Waals surface area contributed by atoms with E-state index in [1.54, 1.807) is 30.0 Å². The third-order valence-corrected chi connectivity index (χ3v) is 15.3. The second-order valence-electron chi connectivity index (χ2n) is 12.6. The minimum absolute atomic E-state index is 0.0570. The van der Waals surface area contributed by atoms with Crippen molar-refractivity contribution in [3.63, 3.8) is 0 Å². The van der Waals surface area contributed by atoms with Crippen LogP contribution in [0.3, 0.4) is 0 Å². The number of nitrogens with zero attached hydrogens (tertiary/aromatic N) is 2. The van der Waals surface area contributed by atoms with Gasteiger partial charge in [-0.3, -0.25) is 14.7 Å². The molecule has 0 N–H and O–H groups in total. The van der Waals surface area contributed by atoms with E-state index in [2.05, 4.69) is 72.8 Å². The van der Waals surface area contributed by atoms with Crippen LogP contribution in [0.15, 0.2) is 150 Å². The van der Waals surface area contributed by atoms with Gasteiger partial charge in [0.15, 0.2) is 17.5 Å². The molecular formula is C42H36N2O6PS+. The molecule has 0 spiro atoms. The van der Waals surface area contributed by atoms with Gasteiger partial charge in [0.2, 0.25) is 6.79 Å². The summed E-state index contributed by atoms with van der Waals surface area (Å²) in [4.78, 5) is 34.8. The molecule has 0 bridgehead atoms. The Bertz CT molecular complexity index is 2050. The fraction of sp³-hybridized carbons (Fsp3) is 0.167. The van der Waals surface area contributed by atoms with E-state index >= 15 is 0 Å². The molecule has 8 nitrogen and oxygen atoms in total. The number of rotatable bonds is 11. The molecule has 3 heterocycles. The van der Waals surface area contributed by atoms with Crippen molar-refractivity contribution >= 4 is 53.0 Å². The number of ether oxygens (including phenoxy) is 4. The van der Waals surface area contributed by atoms with E-state index in [0.717, 1.165) is 16.7 Å². The second kappa shape index (κ2) is 14.7. The molecule has 2 atom stereocenters. The monoisotopic (exact) mass is 727 g/mol. The molecule has 1 saturated heterocycles. The number of hydrogen-bond donors (Lipinski definition) is 0. The van der Waals surface area contributed by atoms with Crippen LogP contribution in [-0.2, 0) is 20.9 Å². The molecule has 10 heteroatoms. The van der Waals surface area contributed by atoms with Crippen LogP contribution >= 0.6 is 19.0 Å². The first-order chi connectivity index (χ1) is 25.5. The number of fused-ring (bicyclic) bond motifs is 2. The van der Waals surface area contributed by atoms with E-state index in [4.69, 9.17) is 23.9 Å². The summed E-state index contributed by atoms with van der Waals surface area (Å²) in [5.74, 6) is 1.84. The van der Waals surface area contributed by atoms with E-state index in [9.17, 15) is 9.59 Å². The molecular weight excluding hydrogens is 692 g/mol. The number of benzene rings is 5. The maximum atomic E-state index is 14.4. The minimum Gasteiger partial charge on any atom is -0.497 e. The molecule has 0 aromatic heterocycles. The molecule has 5 aromatic carbocycles. The topological polar surface area (TPSA) is 86.7 Å². The molecule has 260 valence electrons. The Morgan fingerprint density at radius 3 is 2.08 bits per heavy atom. The average Bonchev–Trinajstić information content (AvgIpc) is 3.68. The number of amides is 1. The SMILES string of the molecule is COc1ccc(COC(=O)C2=C(C[P+](c3ccccc3)(c3ccccc3)c3ccccc3)CS[C@H]3[C@H](N=Cc4ccc5c(c4)OCO5)C(=O)N23)cc1. The summed E-state index contributed by atoms with van der Waals surface area (Å²) in [7, 11) is -0.773. The van der Waals surface area contributed by atoms with Crippen molar-refractivity contribution in [3.05, 3.63) is 156 Å². The Morgan fingerprint density at radius 1 is 0.846 bits per heavy atom. The van der Waals surface area contributed by atoms with Crippen LogP contribution in [-0.4, -0.2) is 60.2 Å². The number of carbonyl (C=O) groups excluding carboxylic acids is 2. The minimum atomic E-state index is -2.38. The van der Waals surface area contributed by atoms with Gasteiger partial charge in [0.25, 0.3) is 5.91 Å². The van der Waals surface area contributed by atoms with Crippen LogP contribution in [0.25, 0.3) is 0 Å². The van der Waals surface area contributed by atoms with Crippen molar-refractivity contribution in [2.24, 2.45) is 4.99 Å². The van der Waals surface area contributed by atoms with Gasteiger partial charge in [-0.25, -0.2) is 4.79 Å². The molecule has 1 amide bonds. The van der Waals surface area contributed by atoms with Crippen LogP contribution in [0.4, 0.5) is 0 Å². The average molecular weight is 728 g/mol. The summed E-state index contributed by atoms with van der Waals surface area (Å²) in [5, 5.41) is 3.24.